The van der Waals surface area contributed by atoms with E-state index in [1.807, 2.05) is 42.5 Å². The highest BCUT2D eigenvalue weighted by molar-refractivity contribution is 6.04. The molecule has 108 valence electrons. The number of carbonyl (C=O) groups excluding carboxylic acids is 1. The van der Waals surface area contributed by atoms with Gasteiger partial charge in [0.05, 0.1) is 0 Å². The molecule has 0 unspecified atom stereocenters. The molecular weight excluding hydrogens is 270 g/mol. The summed E-state index contributed by atoms with van der Waals surface area (Å²) < 4.78 is 0. The molecule has 0 heterocycles. The third-order valence-electron chi connectivity index (χ3n) is 3.53. The molecule has 3 aromatic rings. The maximum Gasteiger partial charge on any atom is 0.255 e. The Hall–Kier alpha value is -2.87. The topological polar surface area (TPSA) is 29.1 Å². The van der Waals surface area contributed by atoms with E-state index < -0.39 is 0 Å². The number of hydrogen-bond acceptors (Lipinski definition) is 1. The van der Waals surface area contributed by atoms with Crippen LogP contribution in [0.5, 0.6) is 0 Å². The Morgan fingerprint density at radius 1 is 0.773 bits per heavy atom. The Morgan fingerprint density at radius 3 is 2.18 bits per heavy atom. The lowest BCUT2D eigenvalue weighted by atomic mass is 10.0. The van der Waals surface area contributed by atoms with Crippen molar-refractivity contribution in [2.45, 2.75) is 6.92 Å². The molecule has 0 aliphatic rings. The summed E-state index contributed by atoms with van der Waals surface area (Å²) >= 11 is 0. The molecule has 2 heteroatoms. The summed E-state index contributed by atoms with van der Waals surface area (Å²) in [4.78, 5) is 12.1. The minimum Gasteiger partial charge on any atom is -0.322 e. The van der Waals surface area contributed by atoms with Crippen LogP contribution in [-0.2, 0) is 0 Å². The van der Waals surface area contributed by atoms with Crippen molar-refractivity contribution in [3.8, 4) is 11.1 Å². The zero-order chi connectivity index (χ0) is 15.4. The lowest BCUT2D eigenvalue weighted by molar-refractivity contribution is 0.102. The minimum absolute atomic E-state index is 0.0936. The van der Waals surface area contributed by atoms with Crippen LogP contribution in [0.1, 0.15) is 15.9 Å². The predicted molar refractivity (Wildman–Crippen MR) is 91.0 cm³/mol. The van der Waals surface area contributed by atoms with E-state index >= 15 is 0 Å². The third kappa shape index (κ3) is 3.23. The zero-order valence-corrected chi connectivity index (χ0v) is 12.4. The van der Waals surface area contributed by atoms with Crippen molar-refractivity contribution in [1.82, 2.24) is 0 Å². The van der Waals surface area contributed by atoms with E-state index in [-0.39, 0.29) is 5.91 Å². The molecule has 0 atom stereocenters. The largest absolute Gasteiger partial charge is 0.322 e. The maximum atomic E-state index is 12.1. The molecular formula is C20H17NO. The first-order chi connectivity index (χ1) is 10.7. The molecule has 0 saturated heterocycles. The van der Waals surface area contributed by atoms with Crippen molar-refractivity contribution in [1.29, 1.82) is 0 Å². The normalized spacial score (nSPS) is 10.2. The third-order valence-corrected chi connectivity index (χ3v) is 3.53. The summed E-state index contributed by atoms with van der Waals surface area (Å²) in [6.07, 6.45) is 0. The second kappa shape index (κ2) is 6.27. The Kier molecular flexibility index (Phi) is 4.01. The van der Waals surface area contributed by atoms with Gasteiger partial charge in [0.25, 0.3) is 5.91 Å². The molecule has 0 aliphatic heterocycles. The second-order valence-electron chi connectivity index (χ2n) is 5.27. The first-order valence-electron chi connectivity index (χ1n) is 7.26. The number of rotatable bonds is 3. The standard InChI is InChI=1S/C20H17NO/c1-15-6-5-9-18(14-15)16-10-12-19(13-11-16)21-20(22)17-7-3-2-4-8-17/h2-14H,1H3,(H,21,22). The highest BCUT2D eigenvalue weighted by Crippen LogP contribution is 2.22. The predicted octanol–water partition coefficient (Wildman–Crippen LogP) is 4.91. The molecule has 1 N–H and O–H groups in total. The molecule has 0 fully saturated rings. The average molecular weight is 287 g/mol. The van der Waals surface area contributed by atoms with Gasteiger partial charge in [-0.3, -0.25) is 4.79 Å². The van der Waals surface area contributed by atoms with E-state index in [4.69, 9.17) is 0 Å². The van der Waals surface area contributed by atoms with Crippen LogP contribution >= 0.6 is 0 Å². The lowest BCUT2D eigenvalue weighted by Crippen LogP contribution is -2.11. The van der Waals surface area contributed by atoms with E-state index in [1.54, 1.807) is 12.1 Å². The fraction of sp³-hybridized carbons (Fsp3) is 0.0500. The van der Waals surface area contributed by atoms with Gasteiger partial charge in [0.1, 0.15) is 0 Å². The number of carbonyl (C=O) groups is 1. The van der Waals surface area contributed by atoms with Crippen LogP contribution in [-0.4, -0.2) is 5.91 Å². The van der Waals surface area contributed by atoms with E-state index in [2.05, 4.69) is 36.5 Å². The van der Waals surface area contributed by atoms with Crippen LogP contribution in [0.15, 0.2) is 78.9 Å². The molecule has 3 rings (SSSR count). The van der Waals surface area contributed by atoms with Crippen LogP contribution in [0, 0.1) is 6.92 Å². The maximum absolute atomic E-state index is 12.1. The Balaban J connectivity index is 1.76. The number of benzene rings is 3. The number of anilines is 1. The number of aryl methyl sites for hydroxylation is 1. The summed E-state index contributed by atoms with van der Waals surface area (Å²) in [5, 5.41) is 2.91. The van der Waals surface area contributed by atoms with Crippen LogP contribution in [0.2, 0.25) is 0 Å². The van der Waals surface area contributed by atoms with Crippen molar-refractivity contribution in [2.24, 2.45) is 0 Å². The Bertz CT molecular complexity index is 776. The Labute approximate surface area is 130 Å². The molecule has 22 heavy (non-hydrogen) atoms. The molecule has 0 spiro atoms. The first kappa shape index (κ1) is 14.1. The van der Waals surface area contributed by atoms with Crippen LogP contribution in [0.4, 0.5) is 5.69 Å². The zero-order valence-electron chi connectivity index (χ0n) is 12.4. The summed E-state index contributed by atoms with van der Waals surface area (Å²) in [5.74, 6) is -0.0936. The average Bonchev–Trinajstić information content (AvgIpc) is 2.56. The van der Waals surface area contributed by atoms with Gasteiger partial charge in [-0.15, -0.1) is 0 Å². The fourth-order valence-corrected chi connectivity index (χ4v) is 2.36. The molecule has 0 aliphatic carbocycles. The van der Waals surface area contributed by atoms with Gasteiger partial charge in [0.2, 0.25) is 0 Å². The van der Waals surface area contributed by atoms with Crippen molar-refractivity contribution in [2.75, 3.05) is 5.32 Å². The molecule has 3 aromatic carbocycles. The quantitative estimate of drug-likeness (QED) is 0.728. The highest BCUT2D eigenvalue weighted by atomic mass is 16.1. The summed E-state index contributed by atoms with van der Waals surface area (Å²) in [6.45, 7) is 2.08. The van der Waals surface area contributed by atoms with Gasteiger partial charge in [0.15, 0.2) is 0 Å². The fourth-order valence-electron chi connectivity index (χ4n) is 2.36. The van der Waals surface area contributed by atoms with Crippen molar-refractivity contribution in [3.63, 3.8) is 0 Å². The monoisotopic (exact) mass is 287 g/mol. The van der Waals surface area contributed by atoms with Gasteiger partial charge in [0, 0.05) is 11.3 Å². The molecule has 0 aromatic heterocycles. The number of hydrogen-bond donors (Lipinski definition) is 1. The number of amides is 1. The van der Waals surface area contributed by atoms with Crippen molar-refractivity contribution in [3.05, 3.63) is 90.0 Å². The minimum atomic E-state index is -0.0936. The smallest absolute Gasteiger partial charge is 0.255 e. The highest BCUT2D eigenvalue weighted by Gasteiger charge is 2.05. The molecule has 1 amide bonds. The first-order valence-corrected chi connectivity index (χ1v) is 7.26. The Morgan fingerprint density at radius 2 is 1.50 bits per heavy atom. The van der Waals surface area contributed by atoms with Gasteiger partial charge in [-0.2, -0.15) is 0 Å². The summed E-state index contributed by atoms with van der Waals surface area (Å²) in [7, 11) is 0. The van der Waals surface area contributed by atoms with Gasteiger partial charge in [-0.25, -0.2) is 0 Å². The summed E-state index contributed by atoms with van der Waals surface area (Å²) in [5.41, 5.74) is 5.01. The van der Waals surface area contributed by atoms with Crippen molar-refractivity contribution >= 4 is 11.6 Å². The second-order valence-corrected chi connectivity index (χ2v) is 5.27. The van der Waals surface area contributed by atoms with Crippen molar-refractivity contribution < 1.29 is 4.79 Å². The SMILES string of the molecule is Cc1cccc(-c2ccc(NC(=O)c3ccccc3)cc2)c1. The van der Waals surface area contributed by atoms with E-state index in [1.165, 1.54) is 11.1 Å². The van der Waals surface area contributed by atoms with E-state index in [9.17, 15) is 4.79 Å². The lowest BCUT2D eigenvalue weighted by Gasteiger charge is -2.07. The number of nitrogens with one attached hydrogen (secondary N) is 1. The van der Waals surface area contributed by atoms with Crippen LogP contribution < -0.4 is 5.32 Å². The van der Waals surface area contributed by atoms with E-state index in [0.29, 0.717) is 5.56 Å². The van der Waals surface area contributed by atoms with Gasteiger partial charge >= 0.3 is 0 Å². The van der Waals surface area contributed by atoms with Crippen LogP contribution in [0.3, 0.4) is 0 Å². The molecule has 0 bridgehead atoms. The van der Waals surface area contributed by atoms with Crippen LogP contribution in [0.25, 0.3) is 11.1 Å². The molecule has 2 nitrogen and oxygen atoms in total. The van der Waals surface area contributed by atoms with Gasteiger partial charge in [-0.05, 0) is 42.3 Å². The molecule has 0 saturated carbocycles. The summed E-state index contributed by atoms with van der Waals surface area (Å²) in [6, 6.07) is 25.5. The molecule has 0 radical (unpaired) electrons. The van der Waals surface area contributed by atoms with E-state index in [0.717, 1.165) is 11.3 Å². The van der Waals surface area contributed by atoms with Gasteiger partial charge in [-0.1, -0.05) is 60.2 Å². The van der Waals surface area contributed by atoms with Gasteiger partial charge < -0.3 is 5.32 Å².